The first-order valence-corrected chi connectivity index (χ1v) is 6.24. The largest absolute Gasteiger partial charge is 0.481 e. The van der Waals surface area contributed by atoms with Crippen molar-refractivity contribution in [3.05, 3.63) is 29.3 Å². The second kappa shape index (κ2) is 4.91. The molecule has 0 atom stereocenters. The van der Waals surface area contributed by atoms with Crippen LogP contribution in [0.5, 0.6) is 0 Å². The summed E-state index contributed by atoms with van der Waals surface area (Å²) in [5, 5.41) is 9.02. The van der Waals surface area contributed by atoms with Gasteiger partial charge in [0.2, 0.25) is 0 Å². The lowest BCUT2D eigenvalue weighted by atomic mass is 9.97. The Morgan fingerprint density at radius 1 is 1.25 bits per heavy atom. The third kappa shape index (κ3) is 3.56. The monoisotopic (exact) mass is 238 g/mol. The third-order valence-electron chi connectivity index (χ3n) is 2.37. The predicted octanol–water partition coefficient (Wildman–Crippen LogP) is 3.51. The van der Waals surface area contributed by atoms with E-state index in [9.17, 15) is 4.79 Å². The molecule has 0 amide bonds. The van der Waals surface area contributed by atoms with Gasteiger partial charge < -0.3 is 5.11 Å². The number of benzene rings is 1. The van der Waals surface area contributed by atoms with Crippen LogP contribution in [0.15, 0.2) is 23.1 Å². The van der Waals surface area contributed by atoms with E-state index < -0.39 is 11.4 Å². The fourth-order valence-corrected chi connectivity index (χ4v) is 2.53. The van der Waals surface area contributed by atoms with Gasteiger partial charge >= 0.3 is 5.97 Å². The number of aliphatic carboxylic acids is 1. The zero-order valence-electron chi connectivity index (χ0n) is 10.2. The number of rotatable bonds is 4. The van der Waals surface area contributed by atoms with Gasteiger partial charge in [0.05, 0.1) is 5.41 Å². The Labute approximate surface area is 101 Å². The molecule has 0 radical (unpaired) electrons. The summed E-state index contributed by atoms with van der Waals surface area (Å²) in [4.78, 5) is 12.1. The maximum atomic E-state index is 11.0. The minimum absolute atomic E-state index is 0.589. The Morgan fingerprint density at radius 3 is 2.19 bits per heavy atom. The van der Waals surface area contributed by atoms with Crippen LogP contribution in [0.1, 0.15) is 25.0 Å². The molecule has 2 nitrogen and oxygen atoms in total. The summed E-state index contributed by atoms with van der Waals surface area (Å²) in [6, 6.07) is 6.30. The molecule has 0 spiro atoms. The minimum atomic E-state index is -0.746. The first-order chi connectivity index (χ1) is 7.31. The molecular formula is C13H18O2S. The maximum absolute atomic E-state index is 11.0. The van der Waals surface area contributed by atoms with E-state index in [1.54, 1.807) is 25.6 Å². The highest BCUT2D eigenvalue weighted by Gasteiger charge is 2.27. The van der Waals surface area contributed by atoms with Gasteiger partial charge in [0.15, 0.2) is 0 Å². The summed E-state index contributed by atoms with van der Waals surface area (Å²) in [6.45, 7) is 7.62. The zero-order valence-corrected chi connectivity index (χ0v) is 11.0. The van der Waals surface area contributed by atoms with E-state index in [1.807, 2.05) is 0 Å². The fraction of sp³-hybridized carbons (Fsp3) is 0.462. The van der Waals surface area contributed by atoms with Crippen LogP contribution in [0.4, 0.5) is 0 Å². The van der Waals surface area contributed by atoms with E-state index in [0.717, 1.165) is 4.90 Å². The van der Waals surface area contributed by atoms with Crippen molar-refractivity contribution in [3.63, 3.8) is 0 Å². The quantitative estimate of drug-likeness (QED) is 0.816. The standard InChI is InChI=1S/C13H18O2S/c1-9-5-10(2)7-11(6-9)16-8-13(3,4)12(14)15/h5-7H,8H2,1-4H3,(H,14,15). The molecule has 0 saturated heterocycles. The van der Waals surface area contributed by atoms with Crippen molar-refractivity contribution in [2.24, 2.45) is 5.41 Å². The Hall–Kier alpha value is -0.960. The molecule has 1 N–H and O–H groups in total. The van der Waals surface area contributed by atoms with Crippen molar-refractivity contribution < 1.29 is 9.90 Å². The summed E-state index contributed by atoms with van der Waals surface area (Å²) in [5.41, 5.74) is 1.76. The zero-order chi connectivity index (χ0) is 12.3. The molecule has 88 valence electrons. The van der Waals surface area contributed by atoms with Gasteiger partial charge in [0.1, 0.15) is 0 Å². The number of thioether (sulfide) groups is 1. The van der Waals surface area contributed by atoms with Crippen LogP contribution in [0.3, 0.4) is 0 Å². The molecule has 16 heavy (non-hydrogen) atoms. The highest BCUT2D eigenvalue weighted by Crippen LogP contribution is 2.28. The van der Waals surface area contributed by atoms with Crippen molar-refractivity contribution >= 4 is 17.7 Å². The van der Waals surface area contributed by atoms with Crippen molar-refractivity contribution in [2.75, 3.05) is 5.75 Å². The second-order valence-electron chi connectivity index (χ2n) is 4.80. The van der Waals surface area contributed by atoms with Gasteiger partial charge in [-0.25, -0.2) is 0 Å². The van der Waals surface area contributed by atoms with Crippen molar-refractivity contribution in [1.82, 2.24) is 0 Å². The molecule has 0 unspecified atom stereocenters. The first kappa shape index (κ1) is 13.1. The van der Waals surface area contributed by atoms with Gasteiger partial charge in [-0.1, -0.05) is 6.07 Å². The number of carboxylic acids is 1. The molecule has 1 rings (SSSR count). The average molecular weight is 238 g/mol. The van der Waals surface area contributed by atoms with Gasteiger partial charge in [-0.15, -0.1) is 11.8 Å². The summed E-state index contributed by atoms with van der Waals surface area (Å²) < 4.78 is 0. The maximum Gasteiger partial charge on any atom is 0.309 e. The SMILES string of the molecule is Cc1cc(C)cc(SCC(C)(C)C(=O)O)c1. The normalized spacial score (nSPS) is 11.5. The van der Waals surface area contributed by atoms with Gasteiger partial charge in [0, 0.05) is 10.6 Å². The summed E-state index contributed by atoms with van der Waals surface area (Å²) in [7, 11) is 0. The summed E-state index contributed by atoms with van der Waals surface area (Å²) in [5.74, 6) is -0.157. The Bertz CT molecular complexity index is 377. The van der Waals surface area contributed by atoms with Crippen molar-refractivity contribution in [1.29, 1.82) is 0 Å². The third-order valence-corrected chi connectivity index (χ3v) is 3.81. The van der Waals surface area contributed by atoms with Crippen LogP contribution in [0.2, 0.25) is 0 Å². The number of hydrogen-bond donors (Lipinski definition) is 1. The molecule has 3 heteroatoms. The second-order valence-corrected chi connectivity index (χ2v) is 5.85. The Balaban J connectivity index is 2.71. The average Bonchev–Trinajstić information content (AvgIpc) is 2.13. The lowest BCUT2D eigenvalue weighted by Gasteiger charge is -2.18. The molecule has 0 heterocycles. The van der Waals surface area contributed by atoms with Gasteiger partial charge in [0.25, 0.3) is 0 Å². The van der Waals surface area contributed by atoms with Gasteiger partial charge in [-0.2, -0.15) is 0 Å². The summed E-state index contributed by atoms with van der Waals surface area (Å²) >= 11 is 1.60. The van der Waals surface area contributed by atoms with E-state index in [4.69, 9.17) is 5.11 Å². The predicted molar refractivity (Wildman–Crippen MR) is 68.1 cm³/mol. The number of carboxylic acid groups (broad SMARTS) is 1. The number of aryl methyl sites for hydroxylation is 2. The number of hydrogen-bond acceptors (Lipinski definition) is 2. The minimum Gasteiger partial charge on any atom is -0.481 e. The molecule has 0 aliphatic heterocycles. The van der Waals surface area contributed by atoms with Gasteiger partial charge in [-0.05, 0) is 51.0 Å². The molecule has 0 aliphatic rings. The topological polar surface area (TPSA) is 37.3 Å². The molecule has 0 aliphatic carbocycles. The van der Waals surface area contributed by atoms with Crippen LogP contribution in [0, 0.1) is 19.3 Å². The van der Waals surface area contributed by atoms with Crippen LogP contribution in [-0.4, -0.2) is 16.8 Å². The van der Waals surface area contributed by atoms with Crippen LogP contribution in [-0.2, 0) is 4.79 Å². The molecular weight excluding hydrogens is 220 g/mol. The van der Waals surface area contributed by atoms with Crippen LogP contribution < -0.4 is 0 Å². The highest BCUT2D eigenvalue weighted by atomic mass is 32.2. The van der Waals surface area contributed by atoms with Crippen LogP contribution >= 0.6 is 11.8 Å². The van der Waals surface area contributed by atoms with E-state index in [0.29, 0.717) is 5.75 Å². The number of carbonyl (C=O) groups is 1. The Morgan fingerprint density at radius 2 is 1.75 bits per heavy atom. The van der Waals surface area contributed by atoms with Gasteiger partial charge in [-0.3, -0.25) is 4.79 Å². The highest BCUT2D eigenvalue weighted by molar-refractivity contribution is 7.99. The van der Waals surface area contributed by atoms with Crippen molar-refractivity contribution in [3.8, 4) is 0 Å². The van der Waals surface area contributed by atoms with E-state index in [2.05, 4.69) is 32.0 Å². The van der Waals surface area contributed by atoms with E-state index in [-0.39, 0.29) is 0 Å². The lowest BCUT2D eigenvalue weighted by molar-refractivity contribution is -0.145. The first-order valence-electron chi connectivity index (χ1n) is 5.26. The fourth-order valence-electron chi connectivity index (χ4n) is 1.34. The molecule has 1 aromatic rings. The molecule has 0 saturated carbocycles. The lowest BCUT2D eigenvalue weighted by Crippen LogP contribution is -2.26. The van der Waals surface area contributed by atoms with E-state index >= 15 is 0 Å². The molecule has 1 aromatic carbocycles. The summed E-state index contributed by atoms with van der Waals surface area (Å²) in [6.07, 6.45) is 0. The Kier molecular flexibility index (Phi) is 4.03. The molecule has 0 fully saturated rings. The molecule has 0 aromatic heterocycles. The van der Waals surface area contributed by atoms with Crippen molar-refractivity contribution in [2.45, 2.75) is 32.6 Å². The van der Waals surface area contributed by atoms with Crippen LogP contribution in [0.25, 0.3) is 0 Å². The smallest absolute Gasteiger partial charge is 0.309 e. The van der Waals surface area contributed by atoms with E-state index in [1.165, 1.54) is 11.1 Å². The molecule has 0 bridgehead atoms.